The zero-order valence-electron chi connectivity index (χ0n) is 14.1. The third-order valence-corrected chi connectivity index (χ3v) is 4.21. The third-order valence-electron chi connectivity index (χ3n) is 4.21. The molecule has 2 aromatic heterocycles. The fourth-order valence-electron chi connectivity index (χ4n) is 2.68. The molecule has 6 nitrogen and oxygen atoms in total. The molecule has 0 aliphatic rings. The van der Waals surface area contributed by atoms with Crippen LogP contribution >= 0.6 is 0 Å². The summed E-state index contributed by atoms with van der Waals surface area (Å²) < 4.78 is 1.80. The number of carbonyl (C=O) groups is 1. The second-order valence-electron chi connectivity index (χ2n) is 5.89. The first-order valence-corrected chi connectivity index (χ1v) is 7.91. The Hall–Kier alpha value is -2.89. The molecule has 6 heteroatoms. The highest BCUT2D eigenvalue weighted by molar-refractivity contribution is 5.79. The summed E-state index contributed by atoms with van der Waals surface area (Å²) in [4.78, 5) is 16.4. The van der Waals surface area contributed by atoms with Crippen LogP contribution in [0.4, 0.5) is 4.79 Å². The van der Waals surface area contributed by atoms with Gasteiger partial charge in [-0.05, 0) is 37.6 Å². The van der Waals surface area contributed by atoms with Gasteiger partial charge in [-0.1, -0.05) is 12.1 Å². The van der Waals surface area contributed by atoms with Crippen molar-refractivity contribution in [1.29, 1.82) is 0 Å². The van der Waals surface area contributed by atoms with Crippen molar-refractivity contribution in [2.45, 2.75) is 26.4 Å². The van der Waals surface area contributed by atoms with Gasteiger partial charge < -0.3 is 10.6 Å². The number of nitrogens with one attached hydrogen (secondary N) is 2. The van der Waals surface area contributed by atoms with Crippen LogP contribution in [0.15, 0.2) is 42.7 Å². The molecule has 2 amide bonds. The summed E-state index contributed by atoms with van der Waals surface area (Å²) >= 11 is 0. The van der Waals surface area contributed by atoms with Crippen LogP contribution in [-0.2, 0) is 13.6 Å². The standard InChI is InChI=1S/C18H21N5O/c1-12(16-11-21-23(3)13(16)2)22-18(24)20-10-14-6-7-17-15(9-14)5-4-8-19-17/h4-9,11-12H,10H2,1-3H3,(H2,20,22,24)/t12-/m1/s1. The largest absolute Gasteiger partial charge is 0.334 e. The molecule has 1 atom stereocenters. The summed E-state index contributed by atoms with van der Waals surface area (Å²) in [5.41, 5.74) is 4.05. The molecule has 0 radical (unpaired) electrons. The van der Waals surface area contributed by atoms with Gasteiger partial charge in [0.05, 0.1) is 17.8 Å². The number of hydrogen-bond acceptors (Lipinski definition) is 3. The summed E-state index contributed by atoms with van der Waals surface area (Å²) in [6.45, 7) is 4.40. The topological polar surface area (TPSA) is 71.8 Å². The molecule has 0 aliphatic carbocycles. The number of rotatable bonds is 4. The Balaban J connectivity index is 1.59. The van der Waals surface area contributed by atoms with Crippen molar-refractivity contribution >= 4 is 16.9 Å². The number of fused-ring (bicyclic) bond motifs is 1. The van der Waals surface area contributed by atoms with Crippen LogP contribution in [-0.4, -0.2) is 20.8 Å². The molecule has 0 saturated heterocycles. The maximum Gasteiger partial charge on any atom is 0.315 e. The van der Waals surface area contributed by atoms with E-state index in [1.807, 2.05) is 51.2 Å². The number of hydrogen-bond donors (Lipinski definition) is 2. The van der Waals surface area contributed by atoms with Crippen molar-refractivity contribution in [3.8, 4) is 0 Å². The summed E-state index contributed by atoms with van der Waals surface area (Å²) in [6.07, 6.45) is 3.56. The van der Waals surface area contributed by atoms with Gasteiger partial charge >= 0.3 is 6.03 Å². The fraction of sp³-hybridized carbons (Fsp3) is 0.278. The summed E-state index contributed by atoms with van der Waals surface area (Å²) in [5.74, 6) is 0. The van der Waals surface area contributed by atoms with Crippen molar-refractivity contribution < 1.29 is 4.79 Å². The maximum absolute atomic E-state index is 12.1. The fourth-order valence-corrected chi connectivity index (χ4v) is 2.68. The van der Waals surface area contributed by atoms with Crippen LogP contribution < -0.4 is 10.6 Å². The number of urea groups is 1. The summed E-state index contributed by atoms with van der Waals surface area (Å²) in [5, 5.41) is 11.1. The minimum atomic E-state index is -0.197. The van der Waals surface area contributed by atoms with Crippen LogP contribution in [0.5, 0.6) is 0 Å². The van der Waals surface area contributed by atoms with Crippen LogP contribution in [0.2, 0.25) is 0 Å². The molecule has 24 heavy (non-hydrogen) atoms. The van der Waals surface area contributed by atoms with Gasteiger partial charge in [-0.2, -0.15) is 5.10 Å². The van der Waals surface area contributed by atoms with Crippen molar-refractivity contribution in [1.82, 2.24) is 25.4 Å². The van der Waals surface area contributed by atoms with Crippen molar-refractivity contribution in [3.05, 3.63) is 59.5 Å². The molecular formula is C18H21N5O. The monoisotopic (exact) mass is 323 g/mol. The predicted octanol–water partition coefficient (Wildman–Crippen LogP) is 2.84. The SMILES string of the molecule is Cc1c([C@@H](C)NC(=O)NCc2ccc3ncccc3c2)cnn1C. The van der Waals surface area contributed by atoms with E-state index in [2.05, 4.69) is 20.7 Å². The molecule has 0 aliphatic heterocycles. The van der Waals surface area contributed by atoms with Crippen LogP contribution in [0.3, 0.4) is 0 Å². The van der Waals surface area contributed by atoms with E-state index in [1.54, 1.807) is 17.1 Å². The van der Waals surface area contributed by atoms with Gasteiger partial charge in [0.1, 0.15) is 0 Å². The van der Waals surface area contributed by atoms with Gasteiger partial charge in [0.25, 0.3) is 0 Å². The molecule has 0 unspecified atom stereocenters. The van der Waals surface area contributed by atoms with Crippen LogP contribution in [0.25, 0.3) is 10.9 Å². The smallest absolute Gasteiger partial charge is 0.315 e. The lowest BCUT2D eigenvalue weighted by Gasteiger charge is -2.14. The van der Waals surface area contributed by atoms with Gasteiger partial charge in [-0.25, -0.2) is 4.79 Å². The van der Waals surface area contributed by atoms with E-state index in [0.29, 0.717) is 6.54 Å². The number of carbonyl (C=O) groups excluding carboxylic acids is 1. The minimum absolute atomic E-state index is 0.0977. The Bertz CT molecular complexity index is 871. The molecule has 3 rings (SSSR count). The first-order chi connectivity index (χ1) is 11.5. The van der Waals surface area contributed by atoms with E-state index in [0.717, 1.165) is 27.7 Å². The molecular weight excluding hydrogens is 302 g/mol. The molecule has 3 aromatic rings. The molecule has 0 bridgehead atoms. The Morgan fingerprint density at radius 2 is 2.17 bits per heavy atom. The van der Waals surface area contributed by atoms with Gasteiger partial charge in [0.15, 0.2) is 0 Å². The lowest BCUT2D eigenvalue weighted by atomic mass is 10.1. The van der Waals surface area contributed by atoms with E-state index < -0.39 is 0 Å². The van der Waals surface area contributed by atoms with Gasteiger partial charge in [-0.15, -0.1) is 0 Å². The highest BCUT2D eigenvalue weighted by Gasteiger charge is 2.14. The number of amides is 2. The van der Waals surface area contributed by atoms with Gasteiger partial charge in [0, 0.05) is 36.4 Å². The van der Waals surface area contributed by atoms with Crippen molar-refractivity contribution in [2.24, 2.45) is 7.05 Å². The van der Waals surface area contributed by atoms with Crippen molar-refractivity contribution in [2.75, 3.05) is 0 Å². The van der Waals surface area contributed by atoms with Crippen molar-refractivity contribution in [3.63, 3.8) is 0 Å². The summed E-state index contributed by atoms with van der Waals surface area (Å²) in [6, 6.07) is 9.60. The van der Waals surface area contributed by atoms with E-state index in [9.17, 15) is 4.79 Å². The highest BCUT2D eigenvalue weighted by atomic mass is 16.2. The first kappa shape index (κ1) is 16.0. The average Bonchev–Trinajstić information content (AvgIpc) is 2.92. The Kier molecular flexibility index (Phi) is 4.46. The zero-order valence-corrected chi connectivity index (χ0v) is 14.1. The highest BCUT2D eigenvalue weighted by Crippen LogP contribution is 2.16. The number of nitrogens with zero attached hydrogens (tertiary/aromatic N) is 3. The Morgan fingerprint density at radius 3 is 2.92 bits per heavy atom. The van der Waals surface area contributed by atoms with Crippen LogP contribution in [0.1, 0.15) is 29.8 Å². The maximum atomic E-state index is 12.1. The Morgan fingerprint density at radius 1 is 1.33 bits per heavy atom. The molecule has 1 aromatic carbocycles. The zero-order chi connectivity index (χ0) is 17.1. The number of benzene rings is 1. The quantitative estimate of drug-likeness (QED) is 0.775. The number of pyridine rings is 1. The molecule has 2 N–H and O–H groups in total. The molecule has 0 saturated carbocycles. The lowest BCUT2D eigenvalue weighted by Crippen LogP contribution is -2.36. The summed E-state index contributed by atoms with van der Waals surface area (Å²) in [7, 11) is 1.89. The van der Waals surface area contributed by atoms with Crippen LogP contribution in [0, 0.1) is 6.92 Å². The second kappa shape index (κ2) is 6.70. The lowest BCUT2D eigenvalue weighted by molar-refractivity contribution is 0.237. The van der Waals surface area contributed by atoms with Gasteiger partial charge in [0.2, 0.25) is 0 Å². The number of aryl methyl sites for hydroxylation is 1. The second-order valence-corrected chi connectivity index (χ2v) is 5.89. The average molecular weight is 323 g/mol. The predicted molar refractivity (Wildman–Crippen MR) is 93.5 cm³/mol. The Labute approximate surface area is 140 Å². The van der Waals surface area contributed by atoms with E-state index in [4.69, 9.17) is 0 Å². The normalized spacial score (nSPS) is 12.1. The van der Waals surface area contributed by atoms with E-state index >= 15 is 0 Å². The first-order valence-electron chi connectivity index (χ1n) is 7.91. The number of aromatic nitrogens is 3. The van der Waals surface area contributed by atoms with Gasteiger partial charge in [-0.3, -0.25) is 9.67 Å². The third kappa shape index (κ3) is 3.37. The molecule has 2 heterocycles. The minimum Gasteiger partial charge on any atom is -0.334 e. The van der Waals surface area contributed by atoms with E-state index in [1.165, 1.54) is 0 Å². The molecule has 0 fully saturated rings. The molecule has 124 valence electrons. The van der Waals surface area contributed by atoms with E-state index in [-0.39, 0.29) is 12.1 Å². The molecule has 0 spiro atoms.